The Morgan fingerprint density at radius 1 is 0.818 bits per heavy atom. The molecule has 0 aromatic carbocycles. The average Bonchev–Trinajstić information content (AvgIpc) is 1.97. The van der Waals surface area contributed by atoms with Gasteiger partial charge in [-0.15, -0.1) is 21.6 Å². The first-order chi connectivity index (χ1) is 4.91. The molecule has 0 amide bonds. The maximum Gasteiger partial charge on any atom is -0.0381 e. The van der Waals surface area contributed by atoms with Crippen molar-refractivity contribution in [2.75, 3.05) is 6.16 Å². The summed E-state index contributed by atoms with van der Waals surface area (Å²) < 4.78 is 0. The van der Waals surface area contributed by atoms with Gasteiger partial charge in [0.1, 0.15) is 0 Å². The largest absolute Gasteiger partial charge is 0.147 e. The van der Waals surface area contributed by atoms with E-state index in [4.69, 9.17) is 0 Å². The Morgan fingerprint density at radius 2 is 1.27 bits per heavy atom. The lowest BCUT2D eigenvalue weighted by Gasteiger charge is -1.97. The van der Waals surface area contributed by atoms with Crippen molar-refractivity contribution in [3.8, 4) is 0 Å². The minimum absolute atomic E-state index is 0. The molecule has 2 heteroatoms. The third kappa shape index (κ3) is 13.7. The number of hydrogen-bond donors (Lipinski definition) is 0. The molecular weight excluding hydrogens is 175 g/mol. The molecule has 0 aliphatic carbocycles. The molecule has 11 heavy (non-hydrogen) atoms. The van der Waals surface area contributed by atoms with Gasteiger partial charge in [0.05, 0.1) is 0 Å². The normalized spacial score (nSPS) is 9.27. The SMILES string of the molecule is CCCCCCCCCP.Cl. The topological polar surface area (TPSA) is 0 Å². The minimum atomic E-state index is 0. The maximum atomic E-state index is 2.79. The zero-order chi connectivity index (χ0) is 7.66. The zero-order valence-electron chi connectivity index (χ0n) is 7.64. The maximum absolute atomic E-state index is 2.79. The van der Waals surface area contributed by atoms with Gasteiger partial charge in [0, 0.05) is 0 Å². The molecule has 0 N–H and O–H groups in total. The number of unbranched alkanes of at least 4 members (excludes halogenated alkanes) is 6. The van der Waals surface area contributed by atoms with Crippen molar-refractivity contribution in [1.82, 2.24) is 0 Å². The fraction of sp³-hybridized carbons (Fsp3) is 1.00. The monoisotopic (exact) mass is 196 g/mol. The molecule has 0 fully saturated rings. The standard InChI is InChI=1S/C9H21P.ClH/c1-2-3-4-5-6-7-8-9-10;/h2-10H2,1H3;1H. The summed E-state index contributed by atoms with van der Waals surface area (Å²) in [5, 5.41) is 0. The summed E-state index contributed by atoms with van der Waals surface area (Å²) >= 11 is 0. The summed E-state index contributed by atoms with van der Waals surface area (Å²) in [6, 6.07) is 0. The van der Waals surface area contributed by atoms with Crippen LogP contribution < -0.4 is 0 Å². The molecule has 0 aliphatic rings. The van der Waals surface area contributed by atoms with Crippen molar-refractivity contribution >= 4 is 21.6 Å². The van der Waals surface area contributed by atoms with Crippen LogP contribution in [0.4, 0.5) is 0 Å². The van der Waals surface area contributed by atoms with E-state index in [0.717, 1.165) is 0 Å². The van der Waals surface area contributed by atoms with E-state index in [2.05, 4.69) is 16.2 Å². The summed E-state index contributed by atoms with van der Waals surface area (Å²) in [5.74, 6) is 0. The van der Waals surface area contributed by atoms with Gasteiger partial charge in [-0.2, -0.15) is 0 Å². The smallest absolute Gasteiger partial charge is 0.0381 e. The molecule has 0 aliphatic heterocycles. The van der Waals surface area contributed by atoms with Crippen LogP contribution in [-0.2, 0) is 0 Å². The summed E-state index contributed by atoms with van der Waals surface area (Å²) in [4.78, 5) is 0. The third-order valence-electron chi connectivity index (χ3n) is 1.81. The summed E-state index contributed by atoms with van der Waals surface area (Å²) in [5.41, 5.74) is 0. The third-order valence-corrected chi connectivity index (χ3v) is 2.22. The number of halogens is 1. The van der Waals surface area contributed by atoms with Crippen LogP contribution in [0.2, 0.25) is 0 Å². The van der Waals surface area contributed by atoms with Crippen LogP contribution in [0.3, 0.4) is 0 Å². The van der Waals surface area contributed by atoms with Crippen molar-refractivity contribution in [3.63, 3.8) is 0 Å². The first-order valence-electron chi connectivity index (χ1n) is 4.62. The molecule has 0 spiro atoms. The predicted octanol–water partition coefficient (Wildman–Crippen LogP) is 4.03. The Morgan fingerprint density at radius 3 is 1.73 bits per heavy atom. The minimum Gasteiger partial charge on any atom is -0.147 e. The highest BCUT2D eigenvalue weighted by Crippen LogP contribution is 2.07. The Labute approximate surface area is 80.1 Å². The second kappa shape index (κ2) is 13.3. The zero-order valence-corrected chi connectivity index (χ0v) is 9.61. The molecule has 0 saturated heterocycles. The van der Waals surface area contributed by atoms with Crippen LogP contribution in [0.25, 0.3) is 0 Å². The number of hydrogen-bond acceptors (Lipinski definition) is 0. The molecule has 0 saturated carbocycles. The number of rotatable bonds is 7. The summed E-state index contributed by atoms with van der Waals surface area (Å²) in [6.45, 7) is 2.27. The predicted molar refractivity (Wildman–Crippen MR) is 59.8 cm³/mol. The summed E-state index contributed by atoms with van der Waals surface area (Å²) in [7, 11) is 2.79. The van der Waals surface area contributed by atoms with Crippen LogP contribution in [-0.4, -0.2) is 6.16 Å². The van der Waals surface area contributed by atoms with Gasteiger partial charge in [0.15, 0.2) is 0 Å². The lowest BCUT2D eigenvalue weighted by molar-refractivity contribution is 0.603. The van der Waals surface area contributed by atoms with Gasteiger partial charge < -0.3 is 0 Å². The van der Waals surface area contributed by atoms with Gasteiger partial charge in [-0.05, 0) is 12.6 Å². The van der Waals surface area contributed by atoms with Gasteiger partial charge in [0.25, 0.3) is 0 Å². The lowest BCUT2D eigenvalue weighted by Crippen LogP contribution is -1.79. The molecule has 0 bridgehead atoms. The molecule has 1 unspecified atom stereocenters. The van der Waals surface area contributed by atoms with Crippen LogP contribution in [0, 0.1) is 0 Å². The van der Waals surface area contributed by atoms with Crippen LogP contribution >= 0.6 is 21.6 Å². The van der Waals surface area contributed by atoms with Gasteiger partial charge in [-0.3, -0.25) is 0 Å². The van der Waals surface area contributed by atoms with Crippen molar-refractivity contribution in [1.29, 1.82) is 0 Å². The van der Waals surface area contributed by atoms with E-state index in [0.29, 0.717) is 0 Å². The van der Waals surface area contributed by atoms with Crippen molar-refractivity contribution in [2.24, 2.45) is 0 Å². The molecule has 0 rings (SSSR count). The highest BCUT2D eigenvalue weighted by Gasteiger charge is 1.87. The summed E-state index contributed by atoms with van der Waals surface area (Å²) in [6.07, 6.45) is 11.3. The highest BCUT2D eigenvalue weighted by molar-refractivity contribution is 7.16. The van der Waals surface area contributed by atoms with Gasteiger partial charge in [-0.25, -0.2) is 0 Å². The van der Waals surface area contributed by atoms with Crippen LogP contribution in [0.5, 0.6) is 0 Å². The van der Waals surface area contributed by atoms with Gasteiger partial charge >= 0.3 is 0 Å². The van der Waals surface area contributed by atoms with Crippen molar-refractivity contribution in [2.45, 2.75) is 51.9 Å². The molecule has 1 atom stereocenters. The molecule has 0 aromatic rings. The highest BCUT2D eigenvalue weighted by atomic mass is 35.5. The van der Waals surface area contributed by atoms with E-state index in [1.807, 2.05) is 0 Å². The fourth-order valence-electron chi connectivity index (χ4n) is 1.10. The fourth-order valence-corrected chi connectivity index (χ4v) is 1.39. The van der Waals surface area contributed by atoms with Crippen LogP contribution in [0.1, 0.15) is 51.9 Å². The second-order valence-corrected chi connectivity index (χ2v) is 3.49. The van der Waals surface area contributed by atoms with E-state index in [-0.39, 0.29) is 12.4 Å². The van der Waals surface area contributed by atoms with E-state index in [9.17, 15) is 0 Å². The van der Waals surface area contributed by atoms with E-state index >= 15 is 0 Å². The molecule has 0 radical (unpaired) electrons. The second-order valence-electron chi connectivity index (χ2n) is 2.91. The molecule has 0 aromatic heterocycles. The Hall–Kier alpha value is 0.720. The first kappa shape index (κ1) is 14.3. The molecule has 0 nitrogen and oxygen atoms in total. The average molecular weight is 197 g/mol. The van der Waals surface area contributed by atoms with E-state index < -0.39 is 0 Å². The van der Waals surface area contributed by atoms with E-state index in [1.165, 1.54) is 51.1 Å². The quantitative estimate of drug-likeness (QED) is 0.426. The Balaban J connectivity index is 0. The van der Waals surface area contributed by atoms with Gasteiger partial charge in [0.2, 0.25) is 0 Å². The van der Waals surface area contributed by atoms with Crippen molar-refractivity contribution in [3.05, 3.63) is 0 Å². The Bertz CT molecular complexity index is 49.5. The van der Waals surface area contributed by atoms with Crippen LogP contribution in [0.15, 0.2) is 0 Å². The molecule has 70 valence electrons. The molecule has 0 heterocycles. The van der Waals surface area contributed by atoms with Crippen molar-refractivity contribution < 1.29 is 0 Å². The molecular formula is C9H22ClP. The van der Waals surface area contributed by atoms with E-state index in [1.54, 1.807) is 0 Å². The van der Waals surface area contributed by atoms with Gasteiger partial charge in [-0.1, -0.05) is 45.4 Å². The first-order valence-corrected chi connectivity index (χ1v) is 5.43. The lowest BCUT2D eigenvalue weighted by atomic mass is 10.1. The Kier molecular flexibility index (Phi) is 17.3.